The molecule has 8 heteroatoms. The Morgan fingerprint density at radius 2 is 2.10 bits per heavy atom. The van der Waals surface area contributed by atoms with Gasteiger partial charge in [-0.15, -0.1) is 5.10 Å². The van der Waals surface area contributed by atoms with Gasteiger partial charge in [0.25, 0.3) is 0 Å². The Kier molecular flexibility index (Phi) is 3.98. The Balaban J connectivity index is 1.77. The first-order chi connectivity index (χ1) is 10.1. The zero-order chi connectivity index (χ0) is 14.7. The maximum absolute atomic E-state index is 12.2. The van der Waals surface area contributed by atoms with E-state index < -0.39 is 9.84 Å². The molecule has 1 aliphatic rings. The van der Waals surface area contributed by atoms with Crippen LogP contribution < -0.4 is 0 Å². The zero-order valence-corrected chi connectivity index (χ0v) is 12.2. The molecule has 0 bridgehead atoms. The van der Waals surface area contributed by atoms with Gasteiger partial charge in [-0.1, -0.05) is 18.2 Å². The Bertz CT molecular complexity index is 693. The Morgan fingerprint density at radius 1 is 1.29 bits per heavy atom. The summed E-state index contributed by atoms with van der Waals surface area (Å²) >= 11 is 0. The maximum atomic E-state index is 12.2. The van der Waals surface area contributed by atoms with Gasteiger partial charge in [-0.3, -0.25) is 0 Å². The summed E-state index contributed by atoms with van der Waals surface area (Å²) in [5, 5.41) is 11.3. The van der Waals surface area contributed by atoms with Crippen LogP contribution in [0.5, 0.6) is 0 Å². The van der Waals surface area contributed by atoms with Crippen LogP contribution in [0.2, 0.25) is 0 Å². The first kappa shape index (κ1) is 14.2. The maximum Gasteiger partial charge on any atom is 0.171 e. The van der Waals surface area contributed by atoms with Crippen molar-refractivity contribution < 1.29 is 13.2 Å². The lowest BCUT2D eigenvalue weighted by Crippen LogP contribution is -2.22. The molecule has 0 radical (unpaired) electrons. The molecule has 0 spiro atoms. The third kappa shape index (κ3) is 3.45. The van der Waals surface area contributed by atoms with E-state index in [1.54, 1.807) is 0 Å². The summed E-state index contributed by atoms with van der Waals surface area (Å²) in [6.45, 7) is 0.641. The Labute approximate surface area is 122 Å². The second-order valence-electron chi connectivity index (χ2n) is 5.03. The number of para-hydroxylation sites is 1. The van der Waals surface area contributed by atoms with Crippen molar-refractivity contribution in [2.75, 3.05) is 12.4 Å². The number of sulfone groups is 1. The molecule has 7 nitrogen and oxygen atoms in total. The summed E-state index contributed by atoms with van der Waals surface area (Å²) in [5.41, 5.74) is 0.741. The molecular formula is C13H16N4O3S. The number of ether oxygens (including phenoxy) is 1. The van der Waals surface area contributed by atoms with Crippen LogP contribution in [-0.2, 0) is 20.3 Å². The van der Waals surface area contributed by atoms with Gasteiger partial charge in [-0.05, 0) is 35.4 Å². The lowest BCUT2D eigenvalue weighted by atomic mass is 10.3. The van der Waals surface area contributed by atoms with Crippen LogP contribution in [0.1, 0.15) is 18.7 Å². The van der Waals surface area contributed by atoms with E-state index in [0.717, 1.165) is 18.5 Å². The minimum absolute atomic E-state index is 0.0225. The van der Waals surface area contributed by atoms with Crippen LogP contribution in [-0.4, -0.2) is 47.1 Å². The number of nitrogens with zero attached hydrogens (tertiary/aromatic N) is 4. The second kappa shape index (κ2) is 5.90. The zero-order valence-electron chi connectivity index (χ0n) is 11.4. The summed E-state index contributed by atoms with van der Waals surface area (Å²) in [5.74, 6) is 0.155. The number of benzene rings is 1. The topological polar surface area (TPSA) is 87.0 Å². The minimum Gasteiger partial charge on any atom is -0.377 e. The van der Waals surface area contributed by atoms with E-state index in [1.807, 2.05) is 30.3 Å². The Morgan fingerprint density at radius 3 is 2.81 bits per heavy atom. The molecule has 3 rings (SSSR count). The van der Waals surface area contributed by atoms with Gasteiger partial charge >= 0.3 is 0 Å². The molecule has 0 aliphatic carbocycles. The van der Waals surface area contributed by atoms with Gasteiger partial charge in [0.05, 0.1) is 17.5 Å². The fourth-order valence-corrected chi connectivity index (χ4v) is 3.90. The molecule has 0 saturated carbocycles. The molecule has 1 saturated heterocycles. The highest BCUT2D eigenvalue weighted by molar-refractivity contribution is 7.90. The van der Waals surface area contributed by atoms with Crippen molar-refractivity contribution in [3.05, 3.63) is 36.2 Å². The number of hydrogen-bond acceptors (Lipinski definition) is 6. The van der Waals surface area contributed by atoms with Crippen LogP contribution in [0, 0.1) is 0 Å². The van der Waals surface area contributed by atoms with Gasteiger partial charge in [0.15, 0.2) is 15.7 Å². The van der Waals surface area contributed by atoms with Gasteiger partial charge in [0, 0.05) is 6.61 Å². The van der Waals surface area contributed by atoms with E-state index in [4.69, 9.17) is 4.74 Å². The fraction of sp³-hybridized carbons (Fsp3) is 0.462. The molecule has 1 fully saturated rings. The molecule has 112 valence electrons. The molecule has 2 heterocycles. The summed E-state index contributed by atoms with van der Waals surface area (Å²) in [6.07, 6.45) is 1.51. The molecule has 1 aromatic heterocycles. The first-order valence-electron chi connectivity index (χ1n) is 6.79. The predicted molar refractivity (Wildman–Crippen MR) is 75.6 cm³/mol. The molecule has 0 unspecified atom stereocenters. The number of rotatable bonds is 5. The highest BCUT2D eigenvalue weighted by Crippen LogP contribution is 2.16. The van der Waals surface area contributed by atoms with Crippen molar-refractivity contribution in [3.8, 4) is 5.69 Å². The third-order valence-electron chi connectivity index (χ3n) is 3.35. The summed E-state index contributed by atoms with van der Waals surface area (Å²) in [7, 11) is -3.31. The van der Waals surface area contributed by atoms with Gasteiger partial charge < -0.3 is 4.74 Å². The molecule has 0 amide bonds. The minimum atomic E-state index is -3.31. The van der Waals surface area contributed by atoms with Crippen molar-refractivity contribution in [1.82, 2.24) is 20.2 Å². The van der Waals surface area contributed by atoms with Gasteiger partial charge in [0.2, 0.25) is 0 Å². The van der Waals surface area contributed by atoms with Crippen molar-refractivity contribution >= 4 is 9.84 Å². The highest BCUT2D eigenvalue weighted by atomic mass is 32.2. The summed E-state index contributed by atoms with van der Waals surface area (Å²) in [6, 6.07) is 9.23. The number of aromatic nitrogens is 4. The van der Waals surface area contributed by atoms with Gasteiger partial charge in [-0.25, -0.2) is 8.42 Å². The first-order valence-corrected chi connectivity index (χ1v) is 8.61. The molecule has 1 aliphatic heterocycles. The van der Waals surface area contributed by atoms with Crippen molar-refractivity contribution in [3.63, 3.8) is 0 Å². The van der Waals surface area contributed by atoms with E-state index in [2.05, 4.69) is 15.5 Å². The third-order valence-corrected chi connectivity index (χ3v) is 4.93. The Hall–Kier alpha value is -1.80. The average Bonchev–Trinajstić information content (AvgIpc) is 3.10. The van der Waals surface area contributed by atoms with Crippen molar-refractivity contribution in [2.24, 2.45) is 0 Å². The lowest BCUT2D eigenvalue weighted by Gasteiger charge is -2.10. The quantitative estimate of drug-likeness (QED) is 0.810. The SMILES string of the molecule is O=S(=O)(Cc1nnnn1-c1ccccc1)C[C@H]1CCCO1. The van der Waals surface area contributed by atoms with Crippen LogP contribution in [0.25, 0.3) is 5.69 Å². The van der Waals surface area contributed by atoms with E-state index in [-0.39, 0.29) is 17.6 Å². The number of tetrazole rings is 1. The summed E-state index contributed by atoms with van der Waals surface area (Å²) in [4.78, 5) is 0. The highest BCUT2D eigenvalue weighted by Gasteiger charge is 2.25. The van der Waals surface area contributed by atoms with Crippen LogP contribution >= 0.6 is 0 Å². The summed E-state index contributed by atoms with van der Waals surface area (Å²) < 4.78 is 31.3. The average molecular weight is 308 g/mol. The lowest BCUT2D eigenvalue weighted by molar-refractivity contribution is 0.127. The van der Waals surface area contributed by atoms with E-state index in [9.17, 15) is 8.42 Å². The van der Waals surface area contributed by atoms with E-state index in [0.29, 0.717) is 12.4 Å². The smallest absolute Gasteiger partial charge is 0.171 e. The van der Waals surface area contributed by atoms with Crippen LogP contribution in [0.15, 0.2) is 30.3 Å². The standard InChI is InChI=1S/C13H16N4O3S/c18-21(19,9-12-7-4-8-20-12)10-13-14-15-16-17(13)11-5-2-1-3-6-11/h1-3,5-6,12H,4,7-10H2/t12-/m1/s1. The molecule has 1 atom stereocenters. The molecule has 21 heavy (non-hydrogen) atoms. The van der Waals surface area contributed by atoms with Crippen molar-refractivity contribution in [1.29, 1.82) is 0 Å². The van der Waals surface area contributed by atoms with Crippen LogP contribution in [0.4, 0.5) is 0 Å². The predicted octanol–water partition coefficient (Wildman–Crippen LogP) is 0.756. The monoisotopic (exact) mass is 308 g/mol. The van der Waals surface area contributed by atoms with E-state index >= 15 is 0 Å². The fourth-order valence-electron chi connectivity index (χ4n) is 2.38. The molecule has 2 aromatic rings. The molecule has 0 N–H and O–H groups in total. The van der Waals surface area contributed by atoms with Crippen LogP contribution in [0.3, 0.4) is 0 Å². The molecule has 1 aromatic carbocycles. The van der Waals surface area contributed by atoms with E-state index in [1.165, 1.54) is 4.68 Å². The second-order valence-corrected chi connectivity index (χ2v) is 7.14. The van der Waals surface area contributed by atoms with Gasteiger partial charge in [-0.2, -0.15) is 4.68 Å². The largest absolute Gasteiger partial charge is 0.377 e. The van der Waals surface area contributed by atoms with Crippen molar-refractivity contribution in [2.45, 2.75) is 24.7 Å². The van der Waals surface area contributed by atoms with Gasteiger partial charge in [0.1, 0.15) is 5.75 Å². The normalized spacial score (nSPS) is 19.0. The molecular weight excluding hydrogens is 292 g/mol. The number of hydrogen-bond donors (Lipinski definition) is 0.